The molecule has 26 heavy (non-hydrogen) atoms. The Balaban J connectivity index is 1.78. The Hall–Kier alpha value is -2.96. The van der Waals surface area contributed by atoms with Crippen LogP contribution < -0.4 is 11.1 Å². The number of amides is 1. The molecule has 0 bridgehead atoms. The van der Waals surface area contributed by atoms with Gasteiger partial charge in [0.15, 0.2) is 0 Å². The van der Waals surface area contributed by atoms with Crippen molar-refractivity contribution in [1.29, 1.82) is 0 Å². The second-order valence-electron chi connectivity index (χ2n) is 5.52. The number of anilines is 1. The molecule has 2 aromatic carbocycles. The van der Waals surface area contributed by atoms with E-state index in [1.165, 1.54) is 18.2 Å². The summed E-state index contributed by atoms with van der Waals surface area (Å²) in [5.41, 5.74) is 5.58. The maximum Gasteiger partial charge on any atom is 0.417 e. The summed E-state index contributed by atoms with van der Waals surface area (Å²) in [4.78, 5) is 11.6. The van der Waals surface area contributed by atoms with Gasteiger partial charge in [0.25, 0.3) is 0 Å². The number of nitrogens with one attached hydrogen (secondary N) is 1. The zero-order valence-corrected chi connectivity index (χ0v) is 13.9. The van der Waals surface area contributed by atoms with Crippen molar-refractivity contribution in [3.05, 3.63) is 71.3 Å². The van der Waals surface area contributed by atoms with Gasteiger partial charge >= 0.3 is 12.3 Å². The van der Waals surface area contributed by atoms with Gasteiger partial charge in [0.2, 0.25) is 0 Å². The number of nitrogens with two attached hydrogens (primary N) is 1. The Morgan fingerprint density at radius 2 is 1.88 bits per heavy atom. The van der Waals surface area contributed by atoms with Crippen LogP contribution in [0.2, 0.25) is 0 Å². The van der Waals surface area contributed by atoms with Gasteiger partial charge in [-0.25, -0.2) is 4.79 Å². The number of benzene rings is 2. The molecular weight excluding hydrogens is 345 g/mol. The number of rotatable bonds is 6. The monoisotopic (exact) mass is 364 g/mol. The van der Waals surface area contributed by atoms with Crippen molar-refractivity contribution in [3.8, 4) is 0 Å². The topological polar surface area (TPSA) is 64.3 Å². The van der Waals surface area contributed by atoms with Crippen LogP contribution in [0.5, 0.6) is 0 Å². The average Bonchev–Trinajstić information content (AvgIpc) is 2.61. The van der Waals surface area contributed by atoms with E-state index in [1.807, 2.05) is 30.3 Å². The summed E-state index contributed by atoms with van der Waals surface area (Å²) in [6, 6.07) is 12.8. The van der Waals surface area contributed by atoms with Crippen molar-refractivity contribution >= 4 is 17.9 Å². The number of nitrogen functional groups attached to an aromatic ring is 1. The minimum absolute atomic E-state index is 0.0263. The van der Waals surface area contributed by atoms with Gasteiger partial charge in [0.05, 0.1) is 5.56 Å². The molecule has 2 rings (SSSR count). The quantitative estimate of drug-likeness (QED) is 0.581. The smallest absolute Gasteiger partial charge is 0.417 e. The number of ether oxygens (including phenoxy) is 1. The van der Waals surface area contributed by atoms with Crippen LogP contribution >= 0.6 is 0 Å². The number of hydrogen-bond donors (Lipinski definition) is 2. The number of carbonyl (C=O) groups excluding carboxylic acids is 1. The van der Waals surface area contributed by atoms with Crippen LogP contribution in [0.15, 0.2) is 54.6 Å². The van der Waals surface area contributed by atoms with E-state index in [0.717, 1.165) is 11.6 Å². The minimum atomic E-state index is -4.48. The predicted octanol–water partition coefficient (Wildman–Crippen LogP) is 4.62. The van der Waals surface area contributed by atoms with Crippen LogP contribution in [0.4, 0.5) is 23.7 Å². The molecule has 138 valence electrons. The van der Waals surface area contributed by atoms with E-state index in [1.54, 1.807) is 6.08 Å². The van der Waals surface area contributed by atoms with Crippen LogP contribution in [0.1, 0.15) is 23.1 Å². The van der Waals surface area contributed by atoms with E-state index in [0.29, 0.717) is 6.42 Å². The molecule has 0 unspecified atom stereocenters. The van der Waals surface area contributed by atoms with Crippen LogP contribution in [-0.2, 0) is 17.5 Å². The summed E-state index contributed by atoms with van der Waals surface area (Å²) in [6.07, 6.45) is -1.78. The molecule has 0 aliphatic heterocycles. The molecule has 7 heteroatoms. The van der Waals surface area contributed by atoms with Crippen molar-refractivity contribution in [3.63, 3.8) is 0 Å². The van der Waals surface area contributed by atoms with Crippen molar-refractivity contribution < 1.29 is 22.7 Å². The Morgan fingerprint density at radius 1 is 1.15 bits per heavy atom. The molecule has 0 heterocycles. The second-order valence-corrected chi connectivity index (χ2v) is 5.52. The standard InChI is InChI=1S/C19H19F3N2O2/c20-19(21,22)17-12-16(23)10-9-15(17)8-4-5-11-24-18(25)26-13-14-6-2-1-3-7-14/h1-4,6-10,12H,5,11,13,23H2,(H,24,25). The number of halogens is 3. The second kappa shape index (κ2) is 8.94. The lowest BCUT2D eigenvalue weighted by Gasteiger charge is -2.11. The molecule has 0 spiro atoms. The summed E-state index contributed by atoms with van der Waals surface area (Å²) < 4.78 is 43.9. The Kier molecular flexibility index (Phi) is 6.66. The highest BCUT2D eigenvalue weighted by Crippen LogP contribution is 2.33. The highest BCUT2D eigenvalue weighted by atomic mass is 19.4. The maximum absolute atomic E-state index is 13.0. The summed E-state index contributed by atoms with van der Waals surface area (Å²) in [7, 11) is 0. The minimum Gasteiger partial charge on any atom is -0.445 e. The predicted molar refractivity (Wildman–Crippen MR) is 94.1 cm³/mol. The van der Waals surface area contributed by atoms with Gasteiger partial charge in [-0.2, -0.15) is 13.2 Å². The van der Waals surface area contributed by atoms with E-state index in [2.05, 4.69) is 5.32 Å². The van der Waals surface area contributed by atoms with Crippen molar-refractivity contribution in [2.24, 2.45) is 0 Å². The molecule has 0 saturated heterocycles. The van der Waals surface area contributed by atoms with Gasteiger partial charge in [-0.1, -0.05) is 48.6 Å². The van der Waals surface area contributed by atoms with Crippen molar-refractivity contribution in [2.75, 3.05) is 12.3 Å². The van der Waals surface area contributed by atoms with Gasteiger partial charge in [-0.3, -0.25) is 0 Å². The van der Waals surface area contributed by atoms with Gasteiger partial charge in [-0.05, 0) is 29.7 Å². The molecule has 0 aromatic heterocycles. The fourth-order valence-corrected chi connectivity index (χ4v) is 2.21. The summed E-state index contributed by atoms with van der Waals surface area (Å²) in [6.45, 7) is 0.406. The molecule has 2 aromatic rings. The Bertz CT molecular complexity index is 759. The molecule has 0 aliphatic carbocycles. The lowest BCUT2D eigenvalue weighted by Crippen LogP contribution is -2.24. The molecule has 0 saturated carbocycles. The van der Waals surface area contributed by atoms with E-state index >= 15 is 0 Å². The third-order valence-electron chi connectivity index (χ3n) is 3.47. The average molecular weight is 364 g/mol. The lowest BCUT2D eigenvalue weighted by atomic mass is 10.1. The van der Waals surface area contributed by atoms with Crippen molar-refractivity contribution in [1.82, 2.24) is 5.32 Å². The fraction of sp³-hybridized carbons (Fsp3) is 0.211. The molecular formula is C19H19F3N2O2. The first-order valence-corrected chi connectivity index (χ1v) is 7.94. The summed E-state index contributed by atoms with van der Waals surface area (Å²) >= 11 is 0. The molecule has 1 amide bonds. The van der Waals surface area contributed by atoms with Gasteiger partial charge < -0.3 is 15.8 Å². The summed E-state index contributed by atoms with van der Waals surface area (Å²) in [5, 5.41) is 2.54. The normalized spacial score (nSPS) is 11.5. The van der Waals surface area contributed by atoms with E-state index in [-0.39, 0.29) is 24.4 Å². The number of hydrogen-bond acceptors (Lipinski definition) is 3. The molecule has 0 fully saturated rings. The Labute approximate surface area is 149 Å². The molecule has 0 atom stereocenters. The number of carbonyl (C=O) groups is 1. The highest BCUT2D eigenvalue weighted by Gasteiger charge is 2.32. The molecule has 3 N–H and O–H groups in total. The largest absolute Gasteiger partial charge is 0.445 e. The zero-order chi connectivity index (χ0) is 19.0. The first-order chi connectivity index (χ1) is 12.4. The van der Waals surface area contributed by atoms with E-state index < -0.39 is 17.8 Å². The molecule has 0 aliphatic rings. The fourth-order valence-electron chi connectivity index (χ4n) is 2.21. The first-order valence-electron chi connectivity index (χ1n) is 7.94. The molecule has 0 radical (unpaired) electrons. The van der Waals surface area contributed by atoms with Crippen LogP contribution in [0, 0.1) is 0 Å². The van der Waals surface area contributed by atoms with Crippen LogP contribution in [-0.4, -0.2) is 12.6 Å². The van der Waals surface area contributed by atoms with Gasteiger partial charge in [-0.15, -0.1) is 0 Å². The van der Waals surface area contributed by atoms with E-state index in [4.69, 9.17) is 10.5 Å². The van der Waals surface area contributed by atoms with Crippen LogP contribution in [0.25, 0.3) is 6.08 Å². The zero-order valence-electron chi connectivity index (χ0n) is 13.9. The Morgan fingerprint density at radius 3 is 2.58 bits per heavy atom. The lowest BCUT2D eigenvalue weighted by molar-refractivity contribution is -0.137. The van der Waals surface area contributed by atoms with Gasteiger partial charge in [0.1, 0.15) is 6.61 Å². The number of alkyl carbamates (subject to hydrolysis) is 1. The maximum atomic E-state index is 13.0. The third-order valence-corrected chi connectivity index (χ3v) is 3.47. The summed E-state index contributed by atoms with van der Waals surface area (Å²) in [5.74, 6) is 0. The molecule has 4 nitrogen and oxygen atoms in total. The van der Waals surface area contributed by atoms with Gasteiger partial charge in [0, 0.05) is 12.2 Å². The SMILES string of the molecule is Nc1ccc(C=CCCNC(=O)OCc2ccccc2)c(C(F)(F)F)c1. The third kappa shape index (κ3) is 6.16. The van der Waals surface area contributed by atoms with Crippen molar-refractivity contribution in [2.45, 2.75) is 19.2 Å². The van der Waals surface area contributed by atoms with E-state index in [9.17, 15) is 18.0 Å². The highest BCUT2D eigenvalue weighted by molar-refractivity contribution is 5.67. The van der Waals surface area contributed by atoms with Crippen LogP contribution in [0.3, 0.4) is 0 Å². The number of alkyl halides is 3. The first kappa shape index (κ1) is 19.4.